The van der Waals surface area contributed by atoms with Crippen LogP contribution in [-0.2, 0) is 28.4 Å². The minimum Gasteiger partial charge on any atom is -0.394 e. The predicted octanol–water partition coefficient (Wildman–Crippen LogP) is -10.1. The monoisotopic (exact) mass is 668 g/mol. The molecular formula is C24H44O21. The Kier molecular flexibility index (Phi) is 14.6. The van der Waals surface area contributed by atoms with Gasteiger partial charge in [0, 0.05) is 0 Å². The highest BCUT2D eigenvalue weighted by Gasteiger charge is 2.54. The van der Waals surface area contributed by atoms with Gasteiger partial charge in [0.15, 0.2) is 18.9 Å². The van der Waals surface area contributed by atoms with Gasteiger partial charge >= 0.3 is 0 Å². The van der Waals surface area contributed by atoms with Crippen LogP contribution in [0.2, 0.25) is 0 Å². The second-order valence-corrected chi connectivity index (χ2v) is 10.9. The zero-order chi connectivity index (χ0) is 33.7. The third kappa shape index (κ3) is 8.43. The van der Waals surface area contributed by atoms with E-state index in [1.807, 2.05) is 0 Å². The van der Waals surface area contributed by atoms with E-state index in [9.17, 15) is 71.5 Å². The van der Waals surface area contributed by atoms with Gasteiger partial charge in [0.25, 0.3) is 0 Å². The quantitative estimate of drug-likeness (QED) is 0.0816. The summed E-state index contributed by atoms with van der Waals surface area (Å²) in [5.74, 6) is 0. The lowest BCUT2D eigenvalue weighted by Crippen LogP contribution is -2.67. The molecule has 0 bridgehead atoms. The van der Waals surface area contributed by atoms with Crippen LogP contribution >= 0.6 is 0 Å². The van der Waals surface area contributed by atoms with E-state index in [4.69, 9.17) is 33.5 Å². The maximum Gasteiger partial charge on any atom is 0.187 e. The Morgan fingerprint density at radius 3 is 1.47 bits per heavy atom. The van der Waals surface area contributed by atoms with E-state index in [0.29, 0.717) is 0 Å². The smallest absolute Gasteiger partial charge is 0.187 e. The summed E-state index contributed by atoms with van der Waals surface area (Å²) in [6, 6.07) is 0. The van der Waals surface area contributed by atoms with Gasteiger partial charge in [0.2, 0.25) is 0 Å². The molecule has 0 aromatic heterocycles. The van der Waals surface area contributed by atoms with E-state index < -0.39 is 150 Å². The molecule has 3 aliphatic heterocycles. The zero-order valence-electron chi connectivity index (χ0n) is 23.7. The van der Waals surface area contributed by atoms with Crippen molar-refractivity contribution in [1.29, 1.82) is 0 Å². The summed E-state index contributed by atoms with van der Waals surface area (Å²) < 4.78 is 32.4. The molecule has 0 radical (unpaired) electrons. The molecule has 0 unspecified atom stereocenters. The third-order valence-corrected chi connectivity index (χ3v) is 7.85. The number of ether oxygens (including phenoxy) is 6. The van der Waals surface area contributed by atoms with Crippen LogP contribution in [-0.4, -0.2) is 226 Å². The average molecular weight is 669 g/mol. The van der Waals surface area contributed by atoms with Crippen LogP contribution in [0.5, 0.6) is 0 Å². The van der Waals surface area contributed by atoms with Gasteiger partial charge in [0.05, 0.1) is 33.0 Å². The molecule has 3 saturated heterocycles. The Balaban J connectivity index is 1.78. The van der Waals surface area contributed by atoms with Crippen molar-refractivity contribution in [3.63, 3.8) is 0 Å². The molecule has 0 aliphatic carbocycles. The summed E-state index contributed by atoms with van der Waals surface area (Å²) in [6.45, 7) is -4.67. The number of aliphatic hydroxyl groups is 15. The van der Waals surface area contributed by atoms with E-state index >= 15 is 0 Å². The SMILES string of the molecule is OC[C@@H](O)[C@@H](O)[C@H](O[C@H]1O[C@H](CO)[C@@H](O[C@H]2O[C@H](CO)[C@@H](O)[C@H](O[C@H]3O[C@H](CO)[C@@H](O)[C@H](O)[C@H]3O)[C@H]2O)[C@H](O)[C@H]1O)[C@@H](O)CO. The number of hydrogen-bond acceptors (Lipinski definition) is 21. The van der Waals surface area contributed by atoms with Crippen molar-refractivity contribution in [3.8, 4) is 0 Å². The van der Waals surface area contributed by atoms with Gasteiger partial charge in [-0.3, -0.25) is 0 Å². The van der Waals surface area contributed by atoms with Crippen LogP contribution in [0.15, 0.2) is 0 Å². The van der Waals surface area contributed by atoms with Crippen molar-refractivity contribution >= 4 is 0 Å². The van der Waals surface area contributed by atoms with Crippen molar-refractivity contribution < 1.29 is 105 Å². The number of hydrogen-bond donors (Lipinski definition) is 15. The third-order valence-electron chi connectivity index (χ3n) is 7.85. The molecule has 0 aromatic carbocycles. The summed E-state index contributed by atoms with van der Waals surface area (Å²) >= 11 is 0. The molecule has 0 saturated carbocycles. The highest BCUT2D eigenvalue weighted by molar-refractivity contribution is 4.97. The maximum atomic E-state index is 11.0. The highest BCUT2D eigenvalue weighted by atomic mass is 16.8. The molecule has 21 nitrogen and oxygen atoms in total. The van der Waals surface area contributed by atoms with E-state index in [0.717, 1.165) is 0 Å². The largest absolute Gasteiger partial charge is 0.394 e. The van der Waals surface area contributed by atoms with Crippen molar-refractivity contribution in [3.05, 3.63) is 0 Å². The maximum absolute atomic E-state index is 11.0. The lowest BCUT2D eigenvalue weighted by atomic mass is 9.96. The van der Waals surface area contributed by atoms with E-state index in [1.165, 1.54) is 0 Å². The van der Waals surface area contributed by atoms with Crippen molar-refractivity contribution in [1.82, 2.24) is 0 Å². The van der Waals surface area contributed by atoms with Crippen molar-refractivity contribution in [2.45, 2.75) is 117 Å². The summed E-state index contributed by atoms with van der Waals surface area (Å²) in [5.41, 5.74) is 0. The fraction of sp³-hybridized carbons (Fsp3) is 1.00. The Morgan fingerprint density at radius 1 is 0.467 bits per heavy atom. The molecular weight excluding hydrogens is 624 g/mol. The molecule has 21 heteroatoms. The normalized spacial score (nSPS) is 45.5. The van der Waals surface area contributed by atoms with E-state index in [1.54, 1.807) is 0 Å². The van der Waals surface area contributed by atoms with Gasteiger partial charge in [-0.1, -0.05) is 0 Å². The number of rotatable bonds is 14. The van der Waals surface area contributed by atoms with Crippen LogP contribution in [0.25, 0.3) is 0 Å². The summed E-state index contributed by atoms with van der Waals surface area (Å²) in [6.07, 6.45) is -35.1. The molecule has 0 amide bonds. The van der Waals surface area contributed by atoms with Gasteiger partial charge in [-0.15, -0.1) is 0 Å². The van der Waals surface area contributed by atoms with Crippen LogP contribution in [0.1, 0.15) is 0 Å². The van der Waals surface area contributed by atoms with E-state index in [-0.39, 0.29) is 0 Å². The molecule has 3 rings (SSSR count). The fourth-order valence-electron chi connectivity index (χ4n) is 5.13. The summed E-state index contributed by atoms with van der Waals surface area (Å²) in [5, 5.41) is 151. The molecule has 3 fully saturated rings. The van der Waals surface area contributed by atoms with E-state index in [2.05, 4.69) is 0 Å². The van der Waals surface area contributed by atoms with Crippen molar-refractivity contribution in [2.24, 2.45) is 0 Å². The first kappa shape index (κ1) is 38.6. The molecule has 266 valence electrons. The lowest BCUT2D eigenvalue weighted by Gasteiger charge is -2.48. The van der Waals surface area contributed by atoms with Gasteiger partial charge in [-0.05, 0) is 0 Å². The Labute approximate surface area is 255 Å². The molecule has 3 aliphatic rings. The average Bonchev–Trinajstić information content (AvgIpc) is 3.04. The van der Waals surface area contributed by atoms with Gasteiger partial charge in [-0.2, -0.15) is 0 Å². The Bertz CT molecular complexity index is 869. The lowest BCUT2D eigenvalue weighted by molar-refractivity contribution is -0.384. The van der Waals surface area contributed by atoms with Gasteiger partial charge in [0.1, 0.15) is 97.7 Å². The molecule has 19 atom stereocenters. The van der Waals surface area contributed by atoms with Crippen LogP contribution < -0.4 is 0 Å². The van der Waals surface area contributed by atoms with Crippen molar-refractivity contribution in [2.75, 3.05) is 33.0 Å². The Morgan fingerprint density at radius 2 is 0.933 bits per heavy atom. The van der Waals surface area contributed by atoms with Crippen LogP contribution in [0, 0.1) is 0 Å². The Hall–Kier alpha value is -0.840. The molecule has 0 spiro atoms. The molecule has 0 aromatic rings. The standard InChI is InChI=1S/C24H44O21/c25-1-6(30)11(32)19(7(31)2-26)43-23-17(38)15(36)20(10(5-29)42-23)44-24-18(39)21(13(34)9(4-28)41-24)45-22-16(37)14(35)12(33)8(3-27)40-22/h6-39H,1-5H2/t6-,7+,8-,9-,10-,11-,12-,13-,14+,15-,16-,17-,18-,19-,20-,21+,22-,23-,24-/m1/s1. The summed E-state index contributed by atoms with van der Waals surface area (Å²) in [4.78, 5) is 0. The highest BCUT2D eigenvalue weighted by Crippen LogP contribution is 2.33. The second kappa shape index (κ2) is 17.0. The van der Waals surface area contributed by atoms with Gasteiger partial charge < -0.3 is 105 Å². The predicted molar refractivity (Wildman–Crippen MR) is 136 cm³/mol. The second-order valence-electron chi connectivity index (χ2n) is 10.9. The summed E-state index contributed by atoms with van der Waals surface area (Å²) in [7, 11) is 0. The minimum absolute atomic E-state index is 0.815. The van der Waals surface area contributed by atoms with Crippen LogP contribution in [0.3, 0.4) is 0 Å². The first-order chi connectivity index (χ1) is 21.2. The first-order valence-corrected chi connectivity index (χ1v) is 14.0. The molecule has 15 N–H and O–H groups in total. The zero-order valence-corrected chi connectivity index (χ0v) is 23.7. The first-order valence-electron chi connectivity index (χ1n) is 14.0. The van der Waals surface area contributed by atoms with Gasteiger partial charge in [-0.25, -0.2) is 0 Å². The topological polar surface area (TPSA) is 359 Å². The minimum atomic E-state index is -2.09. The molecule has 45 heavy (non-hydrogen) atoms. The van der Waals surface area contributed by atoms with Crippen LogP contribution in [0.4, 0.5) is 0 Å². The fourth-order valence-corrected chi connectivity index (χ4v) is 5.13. The molecule has 3 heterocycles. The number of aliphatic hydroxyl groups excluding tert-OH is 15.